The lowest BCUT2D eigenvalue weighted by molar-refractivity contribution is 0.0917. The molecule has 1 heterocycles. The highest BCUT2D eigenvalue weighted by Gasteiger charge is 2.21. The van der Waals surface area contributed by atoms with Crippen LogP contribution < -0.4 is 5.32 Å². The molecule has 0 fully saturated rings. The van der Waals surface area contributed by atoms with E-state index in [0.717, 1.165) is 0 Å². The quantitative estimate of drug-likeness (QED) is 0.573. The Kier molecular flexibility index (Phi) is 4.76. The number of aliphatic hydroxyl groups is 1. The zero-order valence-electron chi connectivity index (χ0n) is 13.1. The molecule has 1 unspecified atom stereocenters. The van der Waals surface area contributed by atoms with E-state index in [1.165, 1.54) is 24.4 Å². The number of benzene rings is 2. The van der Waals surface area contributed by atoms with E-state index in [0.29, 0.717) is 5.56 Å². The summed E-state index contributed by atoms with van der Waals surface area (Å²) in [6.07, 6.45) is 1.30. The van der Waals surface area contributed by atoms with Crippen molar-refractivity contribution in [3.8, 4) is 17.0 Å². The highest BCUT2D eigenvalue weighted by molar-refractivity contribution is 6.00. The van der Waals surface area contributed by atoms with Crippen molar-refractivity contribution in [2.45, 2.75) is 6.04 Å². The largest absolute Gasteiger partial charge is 0.508 e. The van der Waals surface area contributed by atoms with Gasteiger partial charge in [0, 0.05) is 5.56 Å². The second kappa shape index (κ2) is 7.14. The predicted molar refractivity (Wildman–Crippen MR) is 89.4 cm³/mol. The number of aromatic amines is 1. The maximum atomic E-state index is 14.0. The van der Waals surface area contributed by atoms with Crippen molar-refractivity contribution in [2.75, 3.05) is 6.61 Å². The fourth-order valence-electron chi connectivity index (χ4n) is 2.54. The summed E-state index contributed by atoms with van der Waals surface area (Å²) in [5, 5.41) is 28.2. The third kappa shape index (κ3) is 3.51. The second-order valence-corrected chi connectivity index (χ2v) is 5.44. The van der Waals surface area contributed by atoms with Crippen LogP contribution in [-0.4, -0.2) is 32.9 Å². The standard InChI is InChI=1S/C18H16FN3O3/c19-15-7-2-1-6-13(15)17-14(9-20-22-17)18(25)21-16(10-23)11-4-3-5-12(24)8-11/h1-9,16,23-24H,10H2,(H,20,22)(H,21,25). The molecular formula is C18H16FN3O3. The summed E-state index contributed by atoms with van der Waals surface area (Å²) in [6, 6.07) is 11.6. The molecule has 7 heteroatoms. The number of hydrogen-bond donors (Lipinski definition) is 4. The topological polar surface area (TPSA) is 98.2 Å². The first-order valence-electron chi connectivity index (χ1n) is 7.59. The molecule has 0 aliphatic rings. The van der Waals surface area contributed by atoms with Gasteiger partial charge < -0.3 is 15.5 Å². The van der Waals surface area contributed by atoms with E-state index in [9.17, 15) is 19.4 Å². The predicted octanol–water partition coefficient (Wildman–Crippen LogP) is 2.38. The van der Waals surface area contributed by atoms with E-state index in [1.807, 2.05) is 0 Å². The highest BCUT2D eigenvalue weighted by atomic mass is 19.1. The van der Waals surface area contributed by atoms with E-state index in [4.69, 9.17) is 0 Å². The number of phenols is 1. The van der Waals surface area contributed by atoms with Crippen LogP contribution in [0.4, 0.5) is 4.39 Å². The number of nitrogens with one attached hydrogen (secondary N) is 2. The monoisotopic (exact) mass is 341 g/mol. The van der Waals surface area contributed by atoms with Crippen LogP contribution in [0, 0.1) is 5.82 Å². The molecule has 25 heavy (non-hydrogen) atoms. The SMILES string of the molecule is O=C(NC(CO)c1cccc(O)c1)c1cn[nH]c1-c1ccccc1F. The third-order valence-electron chi connectivity index (χ3n) is 3.79. The van der Waals surface area contributed by atoms with Gasteiger partial charge in [0.2, 0.25) is 0 Å². The van der Waals surface area contributed by atoms with E-state index in [-0.39, 0.29) is 29.2 Å². The van der Waals surface area contributed by atoms with Crippen LogP contribution in [0.2, 0.25) is 0 Å². The van der Waals surface area contributed by atoms with Gasteiger partial charge in [-0.3, -0.25) is 9.89 Å². The number of phenolic OH excluding ortho intramolecular Hbond substituents is 1. The Hall–Kier alpha value is -3.19. The van der Waals surface area contributed by atoms with Crippen LogP contribution in [-0.2, 0) is 0 Å². The Morgan fingerprint density at radius 2 is 2.04 bits per heavy atom. The molecule has 3 aromatic rings. The fourth-order valence-corrected chi connectivity index (χ4v) is 2.54. The molecule has 0 saturated heterocycles. The second-order valence-electron chi connectivity index (χ2n) is 5.44. The van der Waals surface area contributed by atoms with E-state index in [2.05, 4.69) is 15.5 Å². The molecular weight excluding hydrogens is 325 g/mol. The maximum Gasteiger partial charge on any atom is 0.255 e. The van der Waals surface area contributed by atoms with Gasteiger partial charge in [0.15, 0.2) is 0 Å². The van der Waals surface area contributed by atoms with Crippen LogP contribution in [0.15, 0.2) is 54.7 Å². The van der Waals surface area contributed by atoms with Crippen LogP contribution in [0.3, 0.4) is 0 Å². The number of nitrogens with zero attached hydrogens (tertiary/aromatic N) is 1. The molecule has 1 aromatic heterocycles. The summed E-state index contributed by atoms with van der Waals surface area (Å²) in [5.74, 6) is -0.970. The van der Waals surface area contributed by atoms with Gasteiger partial charge >= 0.3 is 0 Å². The number of carbonyl (C=O) groups is 1. The number of aromatic hydroxyl groups is 1. The van der Waals surface area contributed by atoms with Gasteiger partial charge in [0.05, 0.1) is 30.1 Å². The number of hydrogen-bond acceptors (Lipinski definition) is 4. The zero-order chi connectivity index (χ0) is 17.8. The van der Waals surface area contributed by atoms with Crippen LogP contribution >= 0.6 is 0 Å². The summed E-state index contributed by atoms with van der Waals surface area (Å²) >= 11 is 0. The lowest BCUT2D eigenvalue weighted by Crippen LogP contribution is -2.30. The maximum absolute atomic E-state index is 14.0. The van der Waals surface area contributed by atoms with Crippen molar-refractivity contribution in [1.82, 2.24) is 15.5 Å². The first-order chi connectivity index (χ1) is 12.1. The zero-order valence-corrected chi connectivity index (χ0v) is 13.1. The fraction of sp³-hybridized carbons (Fsp3) is 0.111. The third-order valence-corrected chi connectivity index (χ3v) is 3.79. The summed E-state index contributed by atoms with van der Waals surface area (Å²) in [5.41, 5.74) is 1.18. The van der Waals surface area contributed by atoms with E-state index < -0.39 is 17.8 Å². The van der Waals surface area contributed by atoms with Crippen molar-refractivity contribution in [2.24, 2.45) is 0 Å². The average Bonchev–Trinajstić information content (AvgIpc) is 3.09. The van der Waals surface area contributed by atoms with Crippen molar-refractivity contribution in [3.63, 3.8) is 0 Å². The Labute approximate surface area is 143 Å². The van der Waals surface area contributed by atoms with Gasteiger partial charge in [0.1, 0.15) is 11.6 Å². The molecule has 2 aromatic carbocycles. The molecule has 1 atom stereocenters. The van der Waals surface area contributed by atoms with Crippen molar-refractivity contribution in [1.29, 1.82) is 0 Å². The molecule has 1 amide bonds. The lowest BCUT2D eigenvalue weighted by atomic mass is 10.0. The van der Waals surface area contributed by atoms with E-state index in [1.54, 1.807) is 30.3 Å². The minimum absolute atomic E-state index is 0.0283. The Bertz CT molecular complexity index is 895. The first-order valence-corrected chi connectivity index (χ1v) is 7.59. The Morgan fingerprint density at radius 1 is 1.24 bits per heavy atom. The number of amides is 1. The number of aromatic nitrogens is 2. The molecule has 3 rings (SSSR count). The molecule has 0 saturated carbocycles. The van der Waals surface area contributed by atoms with Crippen molar-refractivity contribution < 1.29 is 19.4 Å². The van der Waals surface area contributed by atoms with Crippen LogP contribution in [0.5, 0.6) is 5.75 Å². The molecule has 6 nitrogen and oxygen atoms in total. The van der Waals surface area contributed by atoms with Gasteiger partial charge in [-0.1, -0.05) is 24.3 Å². The minimum atomic E-state index is -0.719. The average molecular weight is 341 g/mol. The van der Waals surface area contributed by atoms with Gasteiger partial charge in [0.25, 0.3) is 5.91 Å². The van der Waals surface area contributed by atoms with Gasteiger partial charge in [-0.15, -0.1) is 0 Å². The van der Waals surface area contributed by atoms with E-state index >= 15 is 0 Å². The highest BCUT2D eigenvalue weighted by Crippen LogP contribution is 2.25. The summed E-state index contributed by atoms with van der Waals surface area (Å²) in [7, 11) is 0. The summed E-state index contributed by atoms with van der Waals surface area (Å²) in [4.78, 5) is 12.6. The summed E-state index contributed by atoms with van der Waals surface area (Å²) < 4.78 is 14.0. The number of halogens is 1. The van der Waals surface area contributed by atoms with Gasteiger partial charge in [-0.05, 0) is 29.8 Å². The Balaban J connectivity index is 1.87. The first kappa shape index (κ1) is 16.7. The van der Waals surface area contributed by atoms with Crippen molar-refractivity contribution in [3.05, 3.63) is 71.7 Å². The Morgan fingerprint density at radius 3 is 2.76 bits per heavy atom. The molecule has 0 bridgehead atoms. The van der Waals surface area contributed by atoms with Crippen molar-refractivity contribution >= 4 is 5.91 Å². The van der Waals surface area contributed by atoms with Crippen LogP contribution in [0.1, 0.15) is 22.0 Å². The number of rotatable bonds is 5. The molecule has 4 N–H and O–H groups in total. The van der Waals surface area contributed by atoms with Gasteiger partial charge in [-0.2, -0.15) is 5.10 Å². The molecule has 0 aliphatic heterocycles. The van der Waals surface area contributed by atoms with Gasteiger partial charge in [-0.25, -0.2) is 4.39 Å². The molecule has 0 aliphatic carbocycles. The number of carbonyl (C=O) groups excluding carboxylic acids is 1. The lowest BCUT2D eigenvalue weighted by Gasteiger charge is -2.17. The molecule has 0 radical (unpaired) electrons. The normalized spacial score (nSPS) is 11.9. The molecule has 0 spiro atoms. The summed E-state index contributed by atoms with van der Waals surface area (Å²) in [6.45, 7) is -0.359. The minimum Gasteiger partial charge on any atom is -0.508 e. The smallest absolute Gasteiger partial charge is 0.255 e. The number of aliphatic hydroxyl groups excluding tert-OH is 1. The van der Waals surface area contributed by atoms with Crippen LogP contribution in [0.25, 0.3) is 11.3 Å². The molecule has 128 valence electrons. The number of H-pyrrole nitrogens is 1.